The molecular formula is C16H21NO6. The molecule has 1 fully saturated rings. The van der Waals surface area contributed by atoms with Crippen molar-refractivity contribution in [1.29, 1.82) is 0 Å². The highest BCUT2D eigenvalue weighted by Crippen LogP contribution is 2.23. The van der Waals surface area contributed by atoms with Crippen molar-refractivity contribution in [3.05, 3.63) is 27.8 Å². The summed E-state index contributed by atoms with van der Waals surface area (Å²) in [7, 11) is 1.49. The Hall–Kier alpha value is -2.31. The molecule has 2 unspecified atom stereocenters. The van der Waals surface area contributed by atoms with Gasteiger partial charge in [-0.2, -0.15) is 0 Å². The molecule has 0 saturated carbocycles. The Kier molecular flexibility index (Phi) is 5.41. The summed E-state index contributed by atoms with van der Waals surface area (Å²) in [5.41, 5.74) is -0.0104. The van der Waals surface area contributed by atoms with Crippen LogP contribution in [0.3, 0.4) is 0 Å². The molecule has 0 aliphatic carbocycles. The number of hydrogen-bond donors (Lipinski definition) is 1. The van der Waals surface area contributed by atoms with Gasteiger partial charge in [0.15, 0.2) is 0 Å². The van der Waals surface area contributed by atoms with Gasteiger partial charge < -0.3 is 19.2 Å². The molecule has 1 aliphatic heterocycles. The highest BCUT2D eigenvalue weighted by molar-refractivity contribution is 5.88. The van der Waals surface area contributed by atoms with Gasteiger partial charge in [-0.1, -0.05) is 6.92 Å². The average Bonchev–Trinajstić information content (AvgIpc) is 2.96. The normalized spacial score (nSPS) is 18.4. The molecule has 1 amide bonds. The van der Waals surface area contributed by atoms with Crippen LogP contribution in [0.25, 0.3) is 0 Å². The van der Waals surface area contributed by atoms with Gasteiger partial charge >= 0.3 is 11.6 Å². The number of carbonyl (C=O) groups is 2. The largest absolute Gasteiger partial charge is 0.496 e. The van der Waals surface area contributed by atoms with E-state index in [4.69, 9.17) is 13.9 Å². The van der Waals surface area contributed by atoms with E-state index in [1.54, 1.807) is 13.0 Å². The first-order valence-corrected chi connectivity index (χ1v) is 7.57. The third-order valence-corrected chi connectivity index (χ3v) is 3.94. The van der Waals surface area contributed by atoms with Crippen molar-refractivity contribution in [2.75, 3.05) is 13.7 Å². The van der Waals surface area contributed by atoms with Gasteiger partial charge in [0.25, 0.3) is 0 Å². The molecular weight excluding hydrogens is 302 g/mol. The number of methoxy groups -OCH3 is 1. The van der Waals surface area contributed by atoms with Crippen molar-refractivity contribution in [3.8, 4) is 5.75 Å². The number of nitrogens with one attached hydrogen (secondary N) is 1. The average molecular weight is 323 g/mol. The predicted molar refractivity (Wildman–Crippen MR) is 81.4 cm³/mol. The van der Waals surface area contributed by atoms with Crippen molar-refractivity contribution >= 4 is 11.9 Å². The third kappa shape index (κ3) is 4.12. The quantitative estimate of drug-likeness (QED) is 0.792. The van der Waals surface area contributed by atoms with E-state index in [1.807, 2.05) is 6.92 Å². The minimum atomic E-state index is -0.546. The van der Waals surface area contributed by atoms with Crippen molar-refractivity contribution in [2.45, 2.75) is 45.1 Å². The second-order valence-electron chi connectivity index (χ2n) is 5.65. The highest BCUT2D eigenvalue weighted by atomic mass is 16.5. The second-order valence-corrected chi connectivity index (χ2v) is 5.65. The van der Waals surface area contributed by atoms with Gasteiger partial charge in [0.05, 0.1) is 19.3 Å². The van der Waals surface area contributed by atoms with Crippen molar-refractivity contribution < 1.29 is 23.5 Å². The maximum atomic E-state index is 11.8. The lowest BCUT2D eigenvalue weighted by atomic mass is 10.0. The zero-order valence-electron chi connectivity index (χ0n) is 13.5. The van der Waals surface area contributed by atoms with Crippen LogP contribution >= 0.6 is 0 Å². The molecule has 1 aromatic rings. The summed E-state index contributed by atoms with van der Waals surface area (Å²) in [5.74, 6) is 0.305. The van der Waals surface area contributed by atoms with Gasteiger partial charge in [-0.25, -0.2) is 9.59 Å². The Balaban J connectivity index is 1.89. The van der Waals surface area contributed by atoms with E-state index >= 15 is 0 Å². The fourth-order valence-corrected chi connectivity index (χ4v) is 2.38. The van der Waals surface area contributed by atoms with Gasteiger partial charge in [-0.3, -0.25) is 4.79 Å². The summed E-state index contributed by atoms with van der Waals surface area (Å²) in [6.45, 7) is 3.70. The molecule has 2 heterocycles. The Morgan fingerprint density at radius 3 is 2.83 bits per heavy atom. The fourth-order valence-electron chi connectivity index (χ4n) is 2.38. The minimum absolute atomic E-state index is 0.108. The molecule has 23 heavy (non-hydrogen) atoms. The molecule has 1 N–H and O–H groups in total. The molecule has 7 nitrogen and oxygen atoms in total. The predicted octanol–water partition coefficient (Wildman–Crippen LogP) is 1.27. The molecule has 1 aromatic heterocycles. The van der Waals surface area contributed by atoms with E-state index in [-0.39, 0.29) is 18.4 Å². The summed E-state index contributed by atoms with van der Waals surface area (Å²) in [6.07, 6.45) is 1.32. The summed E-state index contributed by atoms with van der Waals surface area (Å²) in [4.78, 5) is 34.6. The van der Waals surface area contributed by atoms with E-state index in [9.17, 15) is 14.4 Å². The van der Waals surface area contributed by atoms with Crippen LogP contribution in [0.15, 0.2) is 15.3 Å². The first kappa shape index (κ1) is 17.1. The second kappa shape index (κ2) is 7.30. The lowest BCUT2D eigenvalue weighted by Gasteiger charge is -2.14. The smallest absolute Gasteiger partial charge is 0.342 e. The van der Waals surface area contributed by atoms with Crippen LogP contribution in [0.5, 0.6) is 5.75 Å². The molecule has 7 heteroatoms. The highest BCUT2D eigenvalue weighted by Gasteiger charge is 2.28. The minimum Gasteiger partial charge on any atom is -0.496 e. The summed E-state index contributed by atoms with van der Waals surface area (Å²) in [5, 5.41) is 2.56. The van der Waals surface area contributed by atoms with Crippen molar-refractivity contribution in [1.82, 2.24) is 5.32 Å². The molecule has 2 atom stereocenters. The molecule has 2 rings (SSSR count). The molecule has 0 bridgehead atoms. The molecule has 126 valence electrons. The van der Waals surface area contributed by atoms with Crippen LogP contribution in [-0.4, -0.2) is 31.6 Å². The van der Waals surface area contributed by atoms with Crippen LogP contribution in [0.1, 0.15) is 43.4 Å². The number of esters is 1. The Labute approximate surface area is 134 Å². The van der Waals surface area contributed by atoms with Crippen LogP contribution in [-0.2, 0) is 14.3 Å². The fraction of sp³-hybridized carbons (Fsp3) is 0.562. The standard InChI is InChI=1S/C16H21NO6/c1-9(12-8-13(21-3)10(2)15(19)23-12)6-7-22-16(20)11-4-5-14(18)17-11/h8-9,11H,4-7H2,1-3H3,(H,17,18). The monoisotopic (exact) mass is 323 g/mol. The lowest BCUT2D eigenvalue weighted by Crippen LogP contribution is -2.34. The zero-order chi connectivity index (χ0) is 17.0. The molecule has 0 aromatic carbocycles. The molecule has 0 spiro atoms. The van der Waals surface area contributed by atoms with E-state index < -0.39 is 17.6 Å². The van der Waals surface area contributed by atoms with E-state index in [1.165, 1.54) is 7.11 Å². The number of carbonyl (C=O) groups excluding carboxylic acids is 2. The van der Waals surface area contributed by atoms with Crippen molar-refractivity contribution in [2.24, 2.45) is 0 Å². The van der Waals surface area contributed by atoms with Gasteiger partial charge in [-0.15, -0.1) is 0 Å². The molecule has 1 saturated heterocycles. The summed E-state index contributed by atoms with van der Waals surface area (Å²) >= 11 is 0. The van der Waals surface area contributed by atoms with Gasteiger partial charge in [0.1, 0.15) is 17.6 Å². The molecule has 0 radical (unpaired) electrons. The molecule has 1 aliphatic rings. The number of hydrogen-bond acceptors (Lipinski definition) is 6. The first-order chi connectivity index (χ1) is 10.9. The van der Waals surface area contributed by atoms with Gasteiger partial charge in [-0.05, 0) is 19.8 Å². The Bertz CT molecular complexity index is 650. The van der Waals surface area contributed by atoms with Gasteiger partial charge in [0, 0.05) is 18.4 Å². The van der Waals surface area contributed by atoms with E-state index in [0.29, 0.717) is 36.3 Å². The zero-order valence-corrected chi connectivity index (χ0v) is 13.5. The maximum absolute atomic E-state index is 11.8. The van der Waals surface area contributed by atoms with Crippen LogP contribution in [0.4, 0.5) is 0 Å². The van der Waals surface area contributed by atoms with Crippen molar-refractivity contribution in [3.63, 3.8) is 0 Å². The van der Waals surface area contributed by atoms with Gasteiger partial charge in [0.2, 0.25) is 5.91 Å². The van der Waals surface area contributed by atoms with Crippen LogP contribution < -0.4 is 15.7 Å². The van der Waals surface area contributed by atoms with E-state index in [0.717, 1.165) is 0 Å². The topological polar surface area (TPSA) is 94.8 Å². The maximum Gasteiger partial charge on any atom is 0.342 e. The van der Waals surface area contributed by atoms with Crippen LogP contribution in [0, 0.1) is 6.92 Å². The SMILES string of the molecule is COc1cc(C(C)CCOC(=O)C2CCC(=O)N2)oc(=O)c1C. The third-order valence-electron chi connectivity index (χ3n) is 3.94. The van der Waals surface area contributed by atoms with Crippen LogP contribution in [0.2, 0.25) is 0 Å². The number of rotatable bonds is 6. The first-order valence-electron chi connectivity index (χ1n) is 7.57. The Morgan fingerprint density at radius 1 is 1.48 bits per heavy atom. The Morgan fingerprint density at radius 2 is 2.22 bits per heavy atom. The lowest BCUT2D eigenvalue weighted by molar-refractivity contribution is -0.146. The number of ether oxygens (including phenoxy) is 2. The van der Waals surface area contributed by atoms with E-state index in [2.05, 4.69) is 5.32 Å². The summed E-state index contributed by atoms with van der Waals surface area (Å²) < 4.78 is 15.6. The number of amides is 1. The summed E-state index contributed by atoms with van der Waals surface area (Å²) in [6, 6.07) is 1.13.